The number of aromatic nitrogens is 2. The van der Waals surface area contributed by atoms with Crippen LogP contribution in [0.5, 0.6) is 0 Å². The van der Waals surface area contributed by atoms with Crippen LogP contribution in [0, 0.1) is 54.1 Å². The number of carbonyl (C=O) groups excluding carboxylic acids is 1. The zero-order chi connectivity index (χ0) is 64.6. The van der Waals surface area contributed by atoms with E-state index in [1.807, 2.05) is 6.21 Å². The number of nitrogens with one attached hydrogen (secondary N) is 1. The summed E-state index contributed by atoms with van der Waals surface area (Å²) in [6.45, 7) is 81.7. The van der Waals surface area contributed by atoms with Crippen molar-refractivity contribution in [3.05, 3.63) is 68.6 Å². The van der Waals surface area contributed by atoms with Crippen LogP contribution in [0.1, 0.15) is 332 Å². The van der Waals surface area contributed by atoms with Gasteiger partial charge in [0, 0.05) is 75.3 Å². The number of amides is 1. The van der Waals surface area contributed by atoms with E-state index in [2.05, 4.69) is 280 Å². The maximum Gasteiger partial charge on any atom is 0.224 e. The molecule has 1 N–H and O–H groups in total. The predicted molar refractivity (Wildman–Crippen MR) is 371 cm³/mol. The van der Waals surface area contributed by atoms with Gasteiger partial charge in [-0.25, -0.2) is 0 Å². The van der Waals surface area contributed by atoms with E-state index in [4.69, 9.17) is 0 Å². The number of rotatable bonds is 0. The highest BCUT2D eigenvalue weighted by atomic mass is 16.1. The summed E-state index contributed by atoms with van der Waals surface area (Å²) < 4.78 is 0. The molecule has 0 atom stereocenters. The average Bonchev–Trinajstić information content (AvgIpc) is 4.08. The fourth-order valence-corrected chi connectivity index (χ4v) is 11.6. The largest absolute Gasteiger partial charge is 0.329 e. The average molecular weight is 1150 g/mol. The van der Waals surface area contributed by atoms with Gasteiger partial charge >= 0.3 is 0 Å². The van der Waals surface area contributed by atoms with Crippen LogP contribution in [0.2, 0.25) is 0 Å². The number of hydrogen-bond donors (Lipinski definition) is 1. The van der Waals surface area contributed by atoms with Crippen molar-refractivity contribution in [3.8, 4) is 0 Å². The fourth-order valence-electron chi connectivity index (χ4n) is 11.6. The molecule has 0 bridgehead atoms. The number of allylic oxidation sites excluding steroid dienone is 8. The topological polar surface area (TPSA) is 92.0 Å². The Kier molecular flexibility index (Phi) is 27.8. The summed E-state index contributed by atoms with van der Waals surface area (Å²) >= 11 is 0. The monoisotopic (exact) mass is 1150 g/mol. The van der Waals surface area contributed by atoms with Crippen molar-refractivity contribution in [3.63, 3.8) is 0 Å². The third-order valence-electron chi connectivity index (χ3n) is 15.8. The van der Waals surface area contributed by atoms with Gasteiger partial charge in [-0.1, -0.05) is 279 Å². The maximum atomic E-state index is 11.4. The van der Waals surface area contributed by atoms with Crippen LogP contribution in [0.25, 0.3) is 0 Å². The van der Waals surface area contributed by atoms with Crippen LogP contribution < -0.4 is 5.32 Å². The Morgan fingerprint density at radius 1 is 0.337 bits per heavy atom. The first kappa shape index (κ1) is 79.5. The second kappa shape index (κ2) is 29.0. The minimum atomic E-state index is 0. The number of aliphatic imine (C=N–C) groups is 3. The van der Waals surface area contributed by atoms with Gasteiger partial charge in [0.25, 0.3) is 0 Å². The Morgan fingerprint density at radius 3 is 0.904 bits per heavy atom. The highest BCUT2D eigenvalue weighted by molar-refractivity contribution is 6.46. The normalized spacial score (nSPS) is 18.0. The van der Waals surface area contributed by atoms with Crippen molar-refractivity contribution in [2.45, 2.75) is 332 Å². The predicted octanol–water partition coefficient (Wildman–Crippen LogP) is 23.2. The van der Waals surface area contributed by atoms with E-state index in [1.165, 1.54) is 73.2 Å². The fraction of sp³-hybridized carbons (Fsp3) is 0.789. The summed E-state index contributed by atoms with van der Waals surface area (Å²) in [5.74, 6) is 0.160. The van der Waals surface area contributed by atoms with Gasteiger partial charge < -0.3 is 5.32 Å². The smallest absolute Gasteiger partial charge is 0.224 e. The first-order valence-corrected chi connectivity index (χ1v) is 31.9. The first-order valence-electron chi connectivity index (χ1n) is 31.9. The van der Waals surface area contributed by atoms with E-state index < -0.39 is 0 Å². The molecule has 0 aromatic carbocycles. The van der Waals surface area contributed by atoms with Gasteiger partial charge in [-0.15, -0.1) is 0 Å². The van der Waals surface area contributed by atoms with Gasteiger partial charge in [0.1, 0.15) is 6.67 Å². The van der Waals surface area contributed by atoms with Crippen molar-refractivity contribution in [1.82, 2.24) is 15.3 Å². The number of hydrogen-bond acceptors (Lipinski definition) is 6. The molecule has 4 heterocycles. The van der Waals surface area contributed by atoms with Crippen LogP contribution in [0.15, 0.2) is 72.2 Å². The summed E-state index contributed by atoms with van der Waals surface area (Å²) in [6.07, 6.45) is 17.6. The third kappa shape index (κ3) is 25.8. The molecule has 0 fully saturated rings. The van der Waals surface area contributed by atoms with Crippen molar-refractivity contribution in [1.29, 1.82) is 0 Å². The van der Waals surface area contributed by atoms with Crippen molar-refractivity contribution in [2.75, 3.05) is 6.67 Å². The first-order chi connectivity index (χ1) is 36.3. The maximum absolute atomic E-state index is 11.4. The van der Waals surface area contributed by atoms with Crippen LogP contribution in [0.4, 0.5) is 0 Å². The zero-order valence-electron chi connectivity index (χ0n) is 61.2. The van der Waals surface area contributed by atoms with Gasteiger partial charge in [0.05, 0.1) is 22.8 Å². The van der Waals surface area contributed by atoms with Gasteiger partial charge in [0.2, 0.25) is 5.91 Å². The molecule has 83 heavy (non-hydrogen) atoms. The van der Waals surface area contributed by atoms with Gasteiger partial charge in [-0.2, -0.15) is 0 Å². The van der Waals surface area contributed by atoms with E-state index in [-0.39, 0.29) is 56.7 Å². The van der Waals surface area contributed by atoms with E-state index in [1.54, 1.807) is 34.7 Å². The summed E-state index contributed by atoms with van der Waals surface area (Å²) in [5, 5.41) is 3.05. The molecule has 0 radical (unpaired) electrons. The lowest BCUT2D eigenvalue weighted by Crippen LogP contribution is -2.37. The molecular formula is C76H138N6O. The molecule has 1 amide bonds. The summed E-state index contributed by atoms with van der Waals surface area (Å²) in [7, 11) is 0. The Bertz CT molecular complexity index is 2370. The van der Waals surface area contributed by atoms with Crippen LogP contribution in [0.3, 0.4) is 0 Å². The Labute approximate surface area is 517 Å². The third-order valence-corrected chi connectivity index (χ3v) is 15.8. The van der Waals surface area contributed by atoms with E-state index in [9.17, 15) is 4.79 Å². The van der Waals surface area contributed by atoms with Crippen LogP contribution >= 0.6 is 0 Å². The quantitative estimate of drug-likeness (QED) is 0.262. The summed E-state index contributed by atoms with van der Waals surface area (Å²) in [5.41, 5.74) is 19.3. The molecule has 1 aromatic rings. The van der Waals surface area contributed by atoms with Crippen molar-refractivity contribution >= 4 is 23.5 Å². The second-order valence-electron chi connectivity index (χ2n) is 36.6. The summed E-state index contributed by atoms with van der Waals surface area (Å²) in [6, 6.07) is 0. The molecule has 0 saturated heterocycles. The number of nitrogens with zero attached hydrogens (tertiary/aromatic N) is 5. The lowest BCUT2D eigenvalue weighted by Gasteiger charge is -2.36. The molecule has 7 nitrogen and oxygen atoms in total. The molecule has 3 aliphatic heterocycles. The van der Waals surface area contributed by atoms with E-state index in [0.717, 1.165) is 29.9 Å². The highest BCUT2D eigenvalue weighted by Gasteiger charge is 2.36. The lowest BCUT2D eigenvalue weighted by molar-refractivity contribution is -0.121. The van der Waals surface area contributed by atoms with Gasteiger partial charge in [-0.05, 0) is 95.0 Å². The van der Waals surface area contributed by atoms with Crippen molar-refractivity contribution in [2.24, 2.45) is 69.1 Å². The Morgan fingerprint density at radius 2 is 0.651 bits per heavy atom. The van der Waals surface area contributed by atoms with Gasteiger partial charge in [0.15, 0.2) is 0 Å². The minimum absolute atomic E-state index is 0. The SMILES string of the molecule is C.CC(C)(C)C1=C(C(C)(C)C)CCC1.CC(C)(C)C1=C(C(C)(C)C)CCCC1.CC(C)(C)C1=C(C(C)(C)C)N=CC1.CC(C)(C)C1=C(C(C)(C)C)NC(=O)CC1.CC(C)(C)C1=NCN=C1C(C)(C)C.CC(C)(C)c1nccnc1C(C)(C)C. The highest BCUT2D eigenvalue weighted by Crippen LogP contribution is 2.47. The molecule has 5 aliphatic rings. The summed E-state index contributed by atoms with van der Waals surface area (Å²) in [4.78, 5) is 33.8. The zero-order valence-corrected chi connectivity index (χ0v) is 61.2. The van der Waals surface area contributed by atoms with E-state index in [0.29, 0.717) is 34.7 Å². The standard InChI is InChI=1S/C14H26.C13H23NO.C13H24.C12H20N2.C12H21N.C11H20N2.CH4/c1-13(2,3)11-9-7-8-10-12(11)14(4,5)6;1-12(2,3)9-7-8-10(15)14-11(9)13(4,5)6;1-12(2,3)10-8-7-9-11(10)13(4,5)6;1-11(2,3)9-10(12(4,5)6)14-8-7-13-9;1-11(2,3)9-7-8-13-10(9)12(4,5)6;1-10(2,3)8-9(11(4,5)6)13-7-12-8;/h7-10H2,1-6H3;7-8H2,1-6H3,(H,14,15);7-9H2,1-6H3;7-8H,1-6H3;8H,7H2,1-6H3;7H2,1-6H3;1H4. The Hall–Kier alpha value is -3.48. The van der Waals surface area contributed by atoms with Gasteiger partial charge in [-0.3, -0.25) is 29.7 Å². The molecular weight excluding hydrogens is 1010 g/mol. The number of carbonyl (C=O) groups is 1. The molecule has 7 heteroatoms. The molecule has 1 aromatic heterocycles. The molecule has 6 rings (SSSR count). The molecule has 478 valence electrons. The lowest BCUT2D eigenvalue weighted by atomic mass is 9.69. The van der Waals surface area contributed by atoms with Crippen LogP contribution in [-0.4, -0.2) is 40.2 Å². The molecule has 0 unspecified atom stereocenters. The minimum Gasteiger partial charge on any atom is -0.329 e. The molecule has 0 spiro atoms. The Balaban J connectivity index is 0.000000970. The molecule has 2 aliphatic carbocycles. The molecule has 0 saturated carbocycles. The van der Waals surface area contributed by atoms with Crippen molar-refractivity contribution < 1.29 is 4.79 Å². The second-order valence-corrected chi connectivity index (χ2v) is 36.6. The van der Waals surface area contributed by atoms with Crippen LogP contribution in [-0.2, 0) is 15.6 Å². The van der Waals surface area contributed by atoms with E-state index >= 15 is 0 Å².